The first-order valence-corrected chi connectivity index (χ1v) is 11.1. The Labute approximate surface area is 173 Å². The smallest absolute Gasteiger partial charge is 0.335 e. The van der Waals surface area contributed by atoms with Gasteiger partial charge in [-0.25, -0.2) is 18.4 Å². The number of hydrogen-bond donors (Lipinski definition) is 3. The highest BCUT2D eigenvalue weighted by Crippen LogP contribution is 2.40. The second kappa shape index (κ2) is 8.69. The van der Waals surface area contributed by atoms with E-state index < -0.39 is 16.0 Å². The number of carboxylic acids is 1. The van der Waals surface area contributed by atoms with Gasteiger partial charge >= 0.3 is 5.97 Å². The van der Waals surface area contributed by atoms with Crippen LogP contribution in [0.1, 0.15) is 28.9 Å². The van der Waals surface area contributed by atoms with E-state index in [2.05, 4.69) is 5.32 Å². The lowest BCUT2D eigenvalue weighted by Crippen LogP contribution is -2.17. The van der Waals surface area contributed by atoms with E-state index in [1.54, 1.807) is 0 Å². The normalized spacial score (nSPS) is 12.3. The molecule has 3 aromatic rings. The van der Waals surface area contributed by atoms with E-state index >= 15 is 0 Å². The minimum absolute atomic E-state index is 0.158. The molecule has 0 saturated carbocycles. The molecule has 0 fully saturated rings. The van der Waals surface area contributed by atoms with E-state index in [9.17, 15) is 18.3 Å². The molecule has 0 aliphatic rings. The molecule has 0 aliphatic carbocycles. The SMILES string of the molecule is CC(Nc1cc(C(=O)O)cc(S(N)(=O)=O)c1Sc1ccccc1)c1ccccc1. The molecule has 150 valence electrons. The Bertz CT molecular complexity index is 1120. The van der Waals surface area contributed by atoms with E-state index in [0.717, 1.165) is 16.5 Å². The molecule has 0 radical (unpaired) electrons. The Hall–Kier alpha value is -2.81. The number of sulfonamides is 1. The van der Waals surface area contributed by atoms with Crippen LogP contribution >= 0.6 is 11.8 Å². The molecule has 4 N–H and O–H groups in total. The van der Waals surface area contributed by atoms with Crippen molar-refractivity contribution in [1.82, 2.24) is 0 Å². The van der Waals surface area contributed by atoms with Crippen LogP contribution in [-0.2, 0) is 10.0 Å². The summed E-state index contributed by atoms with van der Waals surface area (Å²) in [6, 6.07) is 21.1. The highest BCUT2D eigenvalue weighted by molar-refractivity contribution is 8.00. The highest BCUT2D eigenvalue weighted by atomic mass is 32.2. The van der Waals surface area contributed by atoms with Crippen LogP contribution in [0.4, 0.5) is 5.69 Å². The fourth-order valence-electron chi connectivity index (χ4n) is 2.81. The minimum Gasteiger partial charge on any atom is -0.478 e. The van der Waals surface area contributed by atoms with E-state index in [4.69, 9.17) is 5.14 Å². The fraction of sp³-hybridized carbons (Fsp3) is 0.0952. The topological polar surface area (TPSA) is 109 Å². The molecule has 29 heavy (non-hydrogen) atoms. The molecule has 0 amide bonds. The minimum atomic E-state index is -4.16. The van der Waals surface area contributed by atoms with Crippen LogP contribution in [0.15, 0.2) is 87.5 Å². The zero-order chi connectivity index (χ0) is 21.0. The third-order valence-corrected chi connectivity index (χ3v) is 6.46. The average molecular weight is 429 g/mol. The molecule has 0 bridgehead atoms. The fourth-order valence-corrected chi connectivity index (χ4v) is 4.86. The Morgan fingerprint density at radius 2 is 1.62 bits per heavy atom. The van der Waals surface area contributed by atoms with Crippen molar-refractivity contribution in [2.75, 3.05) is 5.32 Å². The Kier molecular flexibility index (Phi) is 6.26. The second-order valence-electron chi connectivity index (χ2n) is 6.39. The van der Waals surface area contributed by atoms with Gasteiger partial charge in [0.25, 0.3) is 0 Å². The maximum absolute atomic E-state index is 12.3. The first-order valence-electron chi connectivity index (χ1n) is 8.74. The predicted molar refractivity (Wildman–Crippen MR) is 114 cm³/mol. The Morgan fingerprint density at radius 3 is 2.17 bits per heavy atom. The van der Waals surface area contributed by atoms with Crippen LogP contribution < -0.4 is 10.5 Å². The van der Waals surface area contributed by atoms with Crippen LogP contribution in [0.2, 0.25) is 0 Å². The third kappa shape index (κ3) is 5.17. The third-order valence-electron chi connectivity index (χ3n) is 4.24. The molecule has 3 rings (SSSR count). The molecular formula is C21H20N2O4S2. The number of aromatic carboxylic acids is 1. The number of carbonyl (C=O) groups is 1. The van der Waals surface area contributed by atoms with E-state index in [1.807, 2.05) is 67.6 Å². The van der Waals surface area contributed by atoms with Crippen molar-refractivity contribution < 1.29 is 18.3 Å². The molecule has 0 saturated heterocycles. The molecule has 0 heterocycles. The Morgan fingerprint density at radius 1 is 1.03 bits per heavy atom. The second-order valence-corrected chi connectivity index (χ2v) is 9.01. The van der Waals surface area contributed by atoms with Gasteiger partial charge in [-0.2, -0.15) is 0 Å². The van der Waals surface area contributed by atoms with Crippen molar-refractivity contribution in [3.63, 3.8) is 0 Å². The summed E-state index contributed by atoms with van der Waals surface area (Å²) < 4.78 is 24.5. The van der Waals surface area contributed by atoms with Gasteiger partial charge < -0.3 is 10.4 Å². The van der Waals surface area contributed by atoms with Crippen molar-refractivity contribution in [1.29, 1.82) is 0 Å². The van der Waals surface area contributed by atoms with Gasteiger partial charge in [0.05, 0.1) is 21.0 Å². The number of hydrogen-bond acceptors (Lipinski definition) is 5. The molecule has 1 unspecified atom stereocenters. The molecule has 3 aromatic carbocycles. The van der Waals surface area contributed by atoms with Crippen molar-refractivity contribution in [3.8, 4) is 0 Å². The maximum Gasteiger partial charge on any atom is 0.335 e. The summed E-state index contributed by atoms with van der Waals surface area (Å²) >= 11 is 1.21. The van der Waals surface area contributed by atoms with Gasteiger partial charge in [-0.1, -0.05) is 60.3 Å². The van der Waals surface area contributed by atoms with Gasteiger partial charge in [0.1, 0.15) is 0 Å². The van der Waals surface area contributed by atoms with Crippen molar-refractivity contribution in [2.45, 2.75) is 27.7 Å². The first kappa shape index (κ1) is 20.9. The molecule has 6 nitrogen and oxygen atoms in total. The molecule has 0 aromatic heterocycles. The van der Waals surface area contributed by atoms with Gasteiger partial charge in [0.2, 0.25) is 10.0 Å². The van der Waals surface area contributed by atoms with Crippen LogP contribution in [-0.4, -0.2) is 19.5 Å². The van der Waals surface area contributed by atoms with E-state index in [-0.39, 0.29) is 16.5 Å². The summed E-state index contributed by atoms with van der Waals surface area (Å²) in [6.45, 7) is 1.91. The molecule has 0 spiro atoms. The number of nitrogens with one attached hydrogen (secondary N) is 1. The number of anilines is 1. The molecular weight excluding hydrogens is 408 g/mol. The van der Waals surface area contributed by atoms with E-state index in [0.29, 0.717) is 10.6 Å². The summed E-state index contributed by atoms with van der Waals surface area (Å²) in [5, 5.41) is 18.1. The standard InChI is InChI=1S/C21H20N2O4S2/c1-14(15-8-4-2-5-9-15)23-18-12-16(21(24)25)13-19(29(22,26)27)20(18)28-17-10-6-3-7-11-17/h2-14,23H,1H3,(H,24,25)(H2,22,26,27). The molecule has 0 aliphatic heterocycles. The van der Waals surface area contributed by atoms with Gasteiger partial charge in [0, 0.05) is 10.9 Å². The van der Waals surface area contributed by atoms with Gasteiger partial charge in [-0.3, -0.25) is 0 Å². The highest BCUT2D eigenvalue weighted by Gasteiger charge is 2.23. The monoisotopic (exact) mass is 428 g/mol. The number of carboxylic acid groups (broad SMARTS) is 1. The zero-order valence-electron chi connectivity index (χ0n) is 15.6. The van der Waals surface area contributed by atoms with Crippen LogP contribution in [0, 0.1) is 0 Å². The largest absolute Gasteiger partial charge is 0.478 e. The summed E-state index contributed by atoms with van der Waals surface area (Å²) in [5.41, 5.74) is 1.20. The lowest BCUT2D eigenvalue weighted by Gasteiger charge is -2.21. The van der Waals surface area contributed by atoms with Crippen LogP contribution in [0.25, 0.3) is 0 Å². The summed E-state index contributed by atoms with van der Waals surface area (Å²) in [7, 11) is -4.16. The maximum atomic E-state index is 12.3. The van der Waals surface area contributed by atoms with Crippen LogP contribution in [0.3, 0.4) is 0 Å². The average Bonchev–Trinajstić information content (AvgIpc) is 2.69. The zero-order valence-corrected chi connectivity index (χ0v) is 17.2. The van der Waals surface area contributed by atoms with Crippen LogP contribution in [0.5, 0.6) is 0 Å². The number of nitrogens with two attached hydrogens (primary N) is 1. The van der Waals surface area contributed by atoms with E-state index in [1.165, 1.54) is 17.8 Å². The van der Waals surface area contributed by atoms with Crippen molar-refractivity contribution >= 4 is 33.4 Å². The van der Waals surface area contributed by atoms with Gasteiger partial charge in [-0.05, 0) is 36.8 Å². The summed E-state index contributed by atoms with van der Waals surface area (Å²) in [4.78, 5) is 12.5. The van der Waals surface area contributed by atoms with Gasteiger partial charge in [-0.15, -0.1) is 0 Å². The quantitative estimate of drug-likeness (QED) is 0.516. The van der Waals surface area contributed by atoms with Crippen molar-refractivity contribution in [2.24, 2.45) is 5.14 Å². The summed E-state index contributed by atoms with van der Waals surface area (Å²) in [5.74, 6) is -1.23. The Balaban J connectivity index is 2.15. The summed E-state index contributed by atoms with van der Waals surface area (Å²) in [6.07, 6.45) is 0. The predicted octanol–water partition coefficient (Wildman–Crippen LogP) is 4.36. The number of rotatable bonds is 7. The lowest BCUT2D eigenvalue weighted by atomic mass is 10.1. The number of benzene rings is 3. The number of primary sulfonamides is 1. The van der Waals surface area contributed by atoms with Gasteiger partial charge in [0.15, 0.2) is 0 Å². The van der Waals surface area contributed by atoms with Crippen molar-refractivity contribution in [3.05, 3.63) is 83.9 Å². The molecule has 1 atom stereocenters. The first-order chi connectivity index (χ1) is 13.8. The lowest BCUT2D eigenvalue weighted by molar-refractivity contribution is 0.0696. The molecule has 8 heteroatoms.